The van der Waals surface area contributed by atoms with E-state index in [1.54, 1.807) is 19.7 Å². The van der Waals surface area contributed by atoms with Crippen molar-refractivity contribution in [2.45, 2.75) is 42.9 Å². The molecule has 1 atom stereocenters. The molecule has 0 fully saturated rings. The maximum atomic E-state index is 3.85. The van der Waals surface area contributed by atoms with E-state index in [2.05, 4.69) is 93.5 Å². The van der Waals surface area contributed by atoms with Crippen LogP contribution in [0.4, 0.5) is 0 Å². The van der Waals surface area contributed by atoms with E-state index in [0.717, 1.165) is 0 Å². The Kier molecular flexibility index (Phi) is 7.65. The van der Waals surface area contributed by atoms with Gasteiger partial charge in [0.2, 0.25) is 0 Å². The fourth-order valence-electron chi connectivity index (χ4n) is 4.18. The van der Waals surface area contributed by atoms with Gasteiger partial charge in [0.1, 0.15) is 0 Å². The number of para-hydroxylation sites is 1. The summed E-state index contributed by atoms with van der Waals surface area (Å²) >= 11 is -0.843. The Morgan fingerprint density at radius 3 is 2.25 bits per heavy atom. The van der Waals surface area contributed by atoms with Crippen molar-refractivity contribution in [2.24, 2.45) is 0 Å². The van der Waals surface area contributed by atoms with Crippen LogP contribution in [0.1, 0.15) is 41.1 Å². The molecule has 0 saturated heterocycles. The van der Waals surface area contributed by atoms with Crippen molar-refractivity contribution in [3.8, 4) is 0 Å². The summed E-state index contributed by atoms with van der Waals surface area (Å²) in [5, 5.41) is 3.20. The Balaban J connectivity index is 0.00000140. The van der Waals surface area contributed by atoms with E-state index in [1.165, 1.54) is 16.5 Å². The van der Waals surface area contributed by atoms with Crippen LogP contribution >= 0.6 is 0 Å². The van der Waals surface area contributed by atoms with Crippen LogP contribution in [-0.2, 0) is 28.6 Å². The molecule has 0 radical (unpaired) electrons. The topological polar surface area (TPSA) is 15.8 Å². The molecule has 3 aromatic rings. The Morgan fingerprint density at radius 1 is 0.929 bits per heavy atom. The third-order valence-corrected chi connectivity index (χ3v) is 12.0. The van der Waals surface area contributed by atoms with Crippen LogP contribution in [0, 0.1) is 0 Å². The molecule has 1 aliphatic rings. The fourth-order valence-corrected chi connectivity index (χ4v) is 13.0. The molecule has 0 aliphatic heterocycles. The summed E-state index contributed by atoms with van der Waals surface area (Å²) in [7, 11) is -0.812. The van der Waals surface area contributed by atoms with Gasteiger partial charge in [0, 0.05) is 0 Å². The molecule has 0 bridgehead atoms. The number of fused-ring (bicyclic) bond motifs is 2. The van der Waals surface area contributed by atoms with Crippen molar-refractivity contribution in [1.82, 2.24) is 4.98 Å². The van der Waals surface area contributed by atoms with Gasteiger partial charge < -0.3 is 24.8 Å². The standard InChI is InChI=1S/C12H14N.C11H13Si.2ClH.Zr/c1-12(2,3)10-8-13-11-7-5-4-6-9(10)11;1-12(2)11-7-9-5-3-4-6-10(9)8-11;;;/h4-7,13H,1-3H3;3-8,12H,1-2H3;2*1H;/q;;;;+2/p-2. The number of aromatic amines is 1. The minimum Gasteiger partial charge on any atom is -1.00 e. The SMILES string of the molecule is C[SiH](C)C1=Cc2ccccc2[CH]1[Zr+2][c]1[nH]c2ccccc2c1C(C)(C)C.[Cl-].[Cl-]. The van der Waals surface area contributed by atoms with E-state index in [4.69, 9.17) is 0 Å². The second kappa shape index (κ2) is 9.04. The molecule has 1 heterocycles. The smallest absolute Gasteiger partial charge is 1.00 e. The summed E-state index contributed by atoms with van der Waals surface area (Å²) in [5.74, 6) is 0. The monoisotopic (exact) mass is 505 g/mol. The van der Waals surface area contributed by atoms with Gasteiger partial charge in [-0.15, -0.1) is 0 Å². The van der Waals surface area contributed by atoms with Crippen LogP contribution in [0.25, 0.3) is 17.0 Å². The van der Waals surface area contributed by atoms with Crippen molar-refractivity contribution in [1.29, 1.82) is 0 Å². The second-order valence-electron chi connectivity index (χ2n) is 8.68. The van der Waals surface area contributed by atoms with Crippen LogP contribution in [0.5, 0.6) is 0 Å². The zero-order valence-corrected chi connectivity index (χ0v) is 22.2. The number of aromatic nitrogens is 1. The molecule has 0 amide bonds. The predicted octanol–water partition coefficient (Wildman–Crippen LogP) is -0.655. The molecule has 1 N–H and O–H groups in total. The number of halogens is 2. The molecule has 0 saturated carbocycles. The molecule has 0 spiro atoms. The van der Waals surface area contributed by atoms with Gasteiger partial charge in [0.25, 0.3) is 0 Å². The van der Waals surface area contributed by atoms with Crippen molar-refractivity contribution >= 4 is 29.2 Å². The van der Waals surface area contributed by atoms with Crippen LogP contribution in [0.15, 0.2) is 53.7 Å². The number of hydrogen-bond donors (Lipinski definition) is 1. The molecule has 2 aromatic carbocycles. The van der Waals surface area contributed by atoms with Gasteiger partial charge in [-0.05, 0) is 0 Å². The van der Waals surface area contributed by atoms with E-state index >= 15 is 0 Å². The summed E-state index contributed by atoms with van der Waals surface area (Å²) in [6, 6.07) is 18.0. The summed E-state index contributed by atoms with van der Waals surface area (Å²) < 4.78 is 2.29. The number of rotatable bonds is 3. The zero-order valence-electron chi connectivity index (χ0n) is 17.1. The van der Waals surface area contributed by atoms with Gasteiger partial charge in [-0.2, -0.15) is 0 Å². The van der Waals surface area contributed by atoms with Crippen LogP contribution in [0.2, 0.25) is 13.1 Å². The minimum atomic E-state index is -0.843. The average molecular weight is 508 g/mol. The Hall–Kier alpha value is -0.600. The normalized spacial score (nSPS) is 15.5. The molecule has 4 rings (SSSR count). The number of nitrogens with one attached hydrogen (secondary N) is 1. The van der Waals surface area contributed by atoms with Gasteiger partial charge in [-0.25, -0.2) is 0 Å². The largest absolute Gasteiger partial charge is 1.00 e. The Morgan fingerprint density at radius 2 is 1.57 bits per heavy atom. The molecule has 28 heavy (non-hydrogen) atoms. The molecule has 1 unspecified atom stereocenters. The molecule has 5 heteroatoms. The molecule has 1 aliphatic carbocycles. The minimum absolute atomic E-state index is 0. The molecular formula is C23H27Cl2NSiZr. The maximum Gasteiger partial charge on any atom is -1.00 e. The molecule has 1 nitrogen and oxygen atoms in total. The number of H-pyrrole nitrogens is 1. The van der Waals surface area contributed by atoms with E-state index in [1.807, 2.05) is 0 Å². The summed E-state index contributed by atoms with van der Waals surface area (Å²) in [5.41, 5.74) is 6.12. The first-order chi connectivity index (χ1) is 12.4. The number of hydrogen-bond acceptors (Lipinski definition) is 0. The fraction of sp³-hybridized carbons (Fsp3) is 0.304. The number of benzene rings is 2. The van der Waals surface area contributed by atoms with Crippen LogP contribution in [0.3, 0.4) is 0 Å². The van der Waals surface area contributed by atoms with Crippen molar-refractivity contribution < 1.29 is 48.0 Å². The summed E-state index contributed by atoms with van der Waals surface area (Å²) in [6.07, 6.45) is 2.52. The maximum absolute atomic E-state index is 3.85. The quantitative estimate of drug-likeness (QED) is 0.454. The van der Waals surface area contributed by atoms with Gasteiger partial charge in [0.05, 0.1) is 0 Å². The predicted molar refractivity (Wildman–Crippen MR) is 113 cm³/mol. The van der Waals surface area contributed by atoms with Crippen LogP contribution < -0.4 is 28.2 Å². The van der Waals surface area contributed by atoms with E-state index in [-0.39, 0.29) is 30.2 Å². The summed E-state index contributed by atoms with van der Waals surface area (Å²) in [4.78, 5) is 3.85. The van der Waals surface area contributed by atoms with E-state index in [0.29, 0.717) is 3.63 Å². The third-order valence-electron chi connectivity index (χ3n) is 5.37. The first-order valence-electron chi connectivity index (χ1n) is 9.54. The van der Waals surface area contributed by atoms with E-state index < -0.39 is 32.0 Å². The average Bonchev–Trinajstić information content (AvgIpc) is 3.13. The Bertz CT molecular complexity index is 1000. The van der Waals surface area contributed by atoms with Gasteiger partial charge in [-0.1, -0.05) is 0 Å². The Labute approximate surface area is 194 Å². The molecular weight excluding hydrogens is 480 g/mol. The first-order valence-corrected chi connectivity index (χ1v) is 15.1. The number of allylic oxidation sites excluding steroid dienone is 1. The zero-order chi connectivity index (χ0) is 18.5. The van der Waals surface area contributed by atoms with Gasteiger partial charge >= 0.3 is 171 Å². The summed E-state index contributed by atoms with van der Waals surface area (Å²) in [6.45, 7) is 12.1. The van der Waals surface area contributed by atoms with Gasteiger partial charge in [-0.3, -0.25) is 0 Å². The van der Waals surface area contributed by atoms with E-state index in [9.17, 15) is 0 Å². The van der Waals surface area contributed by atoms with Crippen LogP contribution in [-0.4, -0.2) is 13.8 Å². The van der Waals surface area contributed by atoms with Gasteiger partial charge in [0.15, 0.2) is 0 Å². The first kappa shape index (κ1) is 23.7. The van der Waals surface area contributed by atoms with Crippen molar-refractivity contribution in [2.75, 3.05) is 0 Å². The van der Waals surface area contributed by atoms with Crippen molar-refractivity contribution in [3.63, 3.8) is 0 Å². The van der Waals surface area contributed by atoms with Crippen molar-refractivity contribution in [3.05, 3.63) is 70.4 Å². The third kappa shape index (κ3) is 4.29. The molecule has 146 valence electrons. The molecule has 1 aromatic heterocycles. The second-order valence-corrected chi connectivity index (χ2v) is 15.0.